The van der Waals surface area contributed by atoms with Crippen LogP contribution in [0, 0.1) is 5.41 Å². The average Bonchev–Trinajstić information content (AvgIpc) is 2.32. The maximum atomic E-state index is 11.6. The monoisotopic (exact) mass is 332 g/mol. The summed E-state index contributed by atoms with van der Waals surface area (Å²) in [5, 5.41) is 13.9. The topological polar surface area (TPSA) is 95.5 Å². The second-order valence-electron chi connectivity index (χ2n) is 4.99. The van der Waals surface area contributed by atoms with Crippen LogP contribution in [0.15, 0.2) is 18.2 Å². The number of carboxylic acids is 1. The number of urea groups is 1. The number of anilines is 1. The number of halogens is 2. The number of carbonyl (C=O) groups excluding carboxylic acids is 2. The van der Waals surface area contributed by atoms with Crippen LogP contribution in [0.1, 0.15) is 20.3 Å². The average molecular weight is 333 g/mol. The molecule has 1 rings (SSSR count). The largest absolute Gasteiger partial charge is 0.481 e. The first-order valence-electron chi connectivity index (χ1n) is 5.91. The van der Waals surface area contributed by atoms with E-state index in [1.807, 2.05) is 5.32 Å². The van der Waals surface area contributed by atoms with Gasteiger partial charge in [-0.3, -0.25) is 14.9 Å². The zero-order valence-electron chi connectivity index (χ0n) is 11.4. The van der Waals surface area contributed by atoms with E-state index >= 15 is 0 Å². The van der Waals surface area contributed by atoms with E-state index in [2.05, 4.69) is 5.32 Å². The molecule has 8 heteroatoms. The molecule has 0 spiro atoms. The molecule has 3 N–H and O–H groups in total. The highest BCUT2D eigenvalue weighted by molar-refractivity contribution is 6.35. The molecule has 1 aromatic rings. The van der Waals surface area contributed by atoms with Crippen molar-refractivity contribution in [1.82, 2.24) is 5.32 Å². The van der Waals surface area contributed by atoms with Gasteiger partial charge in [0.25, 0.3) is 0 Å². The van der Waals surface area contributed by atoms with Crippen LogP contribution >= 0.6 is 23.2 Å². The molecule has 0 aliphatic heterocycles. The predicted octanol–water partition coefficient (Wildman–Crippen LogP) is 3.14. The number of hydrogen-bond donors (Lipinski definition) is 3. The standard InChI is InChI=1S/C13H14Cl2N2O4/c1-13(2,11(19)20)6-10(18)17-12(21)16-9-5-7(14)3-4-8(9)15/h3-5H,6H2,1-2H3,(H,19,20)(H2,16,17,18,21). The third kappa shape index (κ3) is 5.24. The lowest BCUT2D eigenvalue weighted by molar-refractivity contribution is -0.149. The van der Waals surface area contributed by atoms with E-state index in [1.165, 1.54) is 26.0 Å². The minimum Gasteiger partial charge on any atom is -0.481 e. The van der Waals surface area contributed by atoms with Crippen molar-refractivity contribution < 1.29 is 19.5 Å². The number of rotatable bonds is 4. The Morgan fingerprint density at radius 1 is 1.24 bits per heavy atom. The Morgan fingerprint density at radius 3 is 2.43 bits per heavy atom. The van der Waals surface area contributed by atoms with Crippen molar-refractivity contribution >= 4 is 46.8 Å². The molecule has 0 aromatic heterocycles. The molecular weight excluding hydrogens is 319 g/mol. The van der Waals surface area contributed by atoms with Crippen molar-refractivity contribution in [3.8, 4) is 0 Å². The molecule has 0 atom stereocenters. The van der Waals surface area contributed by atoms with Crippen molar-refractivity contribution in [2.45, 2.75) is 20.3 Å². The van der Waals surface area contributed by atoms with E-state index in [4.69, 9.17) is 28.3 Å². The lowest BCUT2D eigenvalue weighted by Crippen LogP contribution is -2.38. The van der Waals surface area contributed by atoms with Gasteiger partial charge in [-0.25, -0.2) is 4.79 Å². The van der Waals surface area contributed by atoms with E-state index < -0.39 is 23.3 Å². The molecule has 0 radical (unpaired) electrons. The number of benzene rings is 1. The highest BCUT2D eigenvalue weighted by atomic mass is 35.5. The van der Waals surface area contributed by atoms with E-state index in [9.17, 15) is 14.4 Å². The normalized spacial score (nSPS) is 10.9. The van der Waals surface area contributed by atoms with Gasteiger partial charge in [0.1, 0.15) is 0 Å². The fraction of sp³-hybridized carbons (Fsp3) is 0.308. The molecule has 0 fully saturated rings. The summed E-state index contributed by atoms with van der Waals surface area (Å²) in [5.74, 6) is -1.84. The Kier molecular flexibility index (Phi) is 5.57. The van der Waals surface area contributed by atoms with Crippen molar-refractivity contribution in [3.63, 3.8) is 0 Å². The van der Waals surface area contributed by atoms with Crippen molar-refractivity contribution in [2.24, 2.45) is 5.41 Å². The van der Waals surface area contributed by atoms with Gasteiger partial charge >= 0.3 is 12.0 Å². The zero-order chi connectivity index (χ0) is 16.2. The van der Waals surface area contributed by atoms with Crippen LogP contribution < -0.4 is 10.6 Å². The van der Waals surface area contributed by atoms with Gasteiger partial charge in [0.05, 0.1) is 16.1 Å². The van der Waals surface area contributed by atoms with Crippen molar-refractivity contribution in [1.29, 1.82) is 0 Å². The minimum absolute atomic E-state index is 0.243. The fourth-order valence-electron chi connectivity index (χ4n) is 1.39. The van der Waals surface area contributed by atoms with Gasteiger partial charge in [0.2, 0.25) is 5.91 Å². The van der Waals surface area contributed by atoms with Gasteiger partial charge in [-0.05, 0) is 32.0 Å². The van der Waals surface area contributed by atoms with Crippen molar-refractivity contribution in [3.05, 3.63) is 28.2 Å². The highest BCUT2D eigenvalue weighted by Gasteiger charge is 2.30. The summed E-state index contributed by atoms with van der Waals surface area (Å²) in [6.45, 7) is 2.78. The molecule has 0 heterocycles. The highest BCUT2D eigenvalue weighted by Crippen LogP contribution is 2.25. The number of nitrogens with one attached hydrogen (secondary N) is 2. The van der Waals surface area contributed by atoms with Gasteiger partial charge in [0, 0.05) is 11.4 Å². The first-order valence-corrected chi connectivity index (χ1v) is 6.67. The summed E-state index contributed by atoms with van der Waals surface area (Å²) in [6, 6.07) is 3.66. The van der Waals surface area contributed by atoms with E-state index in [0.29, 0.717) is 5.02 Å². The Hall–Kier alpha value is -1.79. The van der Waals surface area contributed by atoms with Gasteiger partial charge in [-0.2, -0.15) is 0 Å². The van der Waals surface area contributed by atoms with Crippen LogP contribution in [0.4, 0.5) is 10.5 Å². The van der Waals surface area contributed by atoms with E-state index in [0.717, 1.165) is 0 Å². The summed E-state index contributed by atoms with van der Waals surface area (Å²) in [6.07, 6.45) is -0.334. The number of amides is 3. The van der Waals surface area contributed by atoms with Crippen LogP contribution in [-0.4, -0.2) is 23.0 Å². The smallest absolute Gasteiger partial charge is 0.325 e. The third-order valence-corrected chi connectivity index (χ3v) is 3.18. The van der Waals surface area contributed by atoms with Gasteiger partial charge < -0.3 is 10.4 Å². The van der Waals surface area contributed by atoms with Gasteiger partial charge in [-0.1, -0.05) is 23.2 Å². The molecular formula is C13H14Cl2N2O4. The number of carboxylic acid groups (broad SMARTS) is 1. The molecule has 0 aliphatic carbocycles. The number of hydrogen-bond acceptors (Lipinski definition) is 3. The Morgan fingerprint density at radius 2 is 1.86 bits per heavy atom. The summed E-state index contributed by atoms with van der Waals surface area (Å²) in [5.41, 5.74) is -1.02. The van der Waals surface area contributed by atoms with Crippen LogP contribution in [0.2, 0.25) is 10.0 Å². The molecule has 0 bridgehead atoms. The predicted molar refractivity (Wildman–Crippen MR) is 79.7 cm³/mol. The summed E-state index contributed by atoms with van der Waals surface area (Å²) >= 11 is 11.6. The molecule has 6 nitrogen and oxygen atoms in total. The molecule has 21 heavy (non-hydrogen) atoms. The van der Waals surface area contributed by atoms with E-state index in [1.54, 1.807) is 6.07 Å². The van der Waals surface area contributed by atoms with Crippen molar-refractivity contribution in [2.75, 3.05) is 5.32 Å². The van der Waals surface area contributed by atoms with E-state index in [-0.39, 0.29) is 17.1 Å². The third-order valence-electron chi connectivity index (χ3n) is 2.61. The first-order chi connectivity index (χ1) is 9.61. The first kappa shape index (κ1) is 17.3. The summed E-state index contributed by atoms with van der Waals surface area (Å²) in [4.78, 5) is 34.2. The quantitative estimate of drug-likeness (QED) is 0.789. The number of imide groups is 1. The summed E-state index contributed by atoms with van der Waals surface area (Å²) in [7, 11) is 0. The molecule has 3 amide bonds. The van der Waals surface area contributed by atoms with Crippen LogP contribution in [-0.2, 0) is 9.59 Å². The minimum atomic E-state index is -1.27. The second-order valence-corrected chi connectivity index (χ2v) is 5.84. The second kappa shape index (κ2) is 6.78. The number of carbonyl (C=O) groups is 3. The molecule has 0 aliphatic rings. The molecule has 114 valence electrons. The lowest BCUT2D eigenvalue weighted by Gasteiger charge is -2.18. The molecule has 0 saturated heterocycles. The zero-order valence-corrected chi connectivity index (χ0v) is 12.9. The maximum Gasteiger partial charge on any atom is 0.325 e. The lowest BCUT2D eigenvalue weighted by atomic mass is 9.89. The molecule has 0 unspecified atom stereocenters. The van der Waals surface area contributed by atoms with Gasteiger partial charge in [0.15, 0.2) is 0 Å². The Labute approximate surface area is 131 Å². The van der Waals surface area contributed by atoms with Crippen LogP contribution in [0.3, 0.4) is 0 Å². The Balaban J connectivity index is 2.64. The molecule has 1 aromatic carbocycles. The van der Waals surface area contributed by atoms with Gasteiger partial charge in [-0.15, -0.1) is 0 Å². The maximum absolute atomic E-state index is 11.6. The molecule has 0 saturated carbocycles. The van der Waals surface area contributed by atoms with Crippen LogP contribution in [0.5, 0.6) is 0 Å². The fourth-order valence-corrected chi connectivity index (χ4v) is 1.73. The summed E-state index contributed by atoms with van der Waals surface area (Å²) < 4.78 is 0. The Bertz CT molecular complexity index is 588. The number of aliphatic carboxylic acids is 1. The SMILES string of the molecule is CC(C)(CC(=O)NC(=O)Nc1cc(Cl)ccc1Cl)C(=O)O. The van der Waals surface area contributed by atoms with Crippen LogP contribution in [0.25, 0.3) is 0 Å².